The van der Waals surface area contributed by atoms with Crippen LogP contribution < -0.4 is 10.2 Å². The number of carbonyl (C=O) groups excluding carboxylic acids is 3. The van der Waals surface area contributed by atoms with Crippen molar-refractivity contribution in [3.63, 3.8) is 0 Å². The van der Waals surface area contributed by atoms with Gasteiger partial charge in [0.2, 0.25) is 5.91 Å². The quantitative estimate of drug-likeness (QED) is 0.522. The number of anilines is 2. The lowest BCUT2D eigenvalue weighted by Crippen LogP contribution is -2.38. The minimum atomic E-state index is -0.454. The maximum Gasteiger partial charge on any atom is 0.294 e. The number of para-hydroxylation sites is 3. The van der Waals surface area contributed by atoms with E-state index in [1.54, 1.807) is 6.08 Å². The highest BCUT2D eigenvalue weighted by Crippen LogP contribution is 2.34. The second-order valence-electron chi connectivity index (χ2n) is 8.32. The van der Waals surface area contributed by atoms with E-state index in [1.807, 2.05) is 54.7 Å². The molecule has 3 aromatic rings. The smallest absolute Gasteiger partial charge is 0.294 e. The van der Waals surface area contributed by atoms with E-state index < -0.39 is 17.1 Å². The van der Waals surface area contributed by atoms with Crippen LogP contribution in [0.15, 0.2) is 59.6 Å². The fraction of sp³-hybridized carbons (Fsp3) is 0.269. The average molecular weight is 491 g/mol. The second kappa shape index (κ2) is 9.97. The first-order chi connectivity index (χ1) is 17.0. The lowest BCUT2D eigenvalue weighted by molar-refractivity contribution is -0.127. The number of aromatic nitrogens is 1. The second-order valence-corrected chi connectivity index (χ2v) is 9.31. The highest BCUT2D eigenvalue weighted by molar-refractivity contribution is 8.18. The van der Waals surface area contributed by atoms with Crippen LogP contribution in [-0.2, 0) is 20.9 Å². The average Bonchev–Trinajstić information content (AvgIpc) is 3.37. The Hall–Kier alpha value is -3.56. The number of fused-ring (bicyclic) bond motifs is 1. The van der Waals surface area contributed by atoms with Gasteiger partial charge in [-0.25, -0.2) is 0 Å². The van der Waals surface area contributed by atoms with Crippen LogP contribution in [0.4, 0.5) is 16.2 Å². The number of imide groups is 1. The number of benzene rings is 2. The number of carbonyl (C=O) groups is 3. The number of hydrogen-bond acceptors (Lipinski definition) is 6. The predicted octanol–water partition coefficient (Wildman–Crippen LogP) is 4.17. The molecule has 2 aromatic carbocycles. The summed E-state index contributed by atoms with van der Waals surface area (Å²) in [5.41, 5.74) is 3.48. The fourth-order valence-electron chi connectivity index (χ4n) is 4.42. The molecule has 3 heterocycles. The molecular weight excluding hydrogens is 464 g/mol. The predicted molar refractivity (Wildman–Crippen MR) is 138 cm³/mol. The summed E-state index contributed by atoms with van der Waals surface area (Å²) in [4.78, 5) is 42.0. The molecule has 0 aliphatic carbocycles. The van der Waals surface area contributed by atoms with Crippen LogP contribution in [0.1, 0.15) is 12.5 Å². The van der Waals surface area contributed by atoms with Crippen LogP contribution >= 0.6 is 11.8 Å². The van der Waals surface area contributed by atoms with E-state index in [-0.39, 0.29) is 6.54 Å². The van der Waals surface area contributed by atoms with Crippen molar-refractivity contribution in [1.29, 1.82) is 0 Å². The summed E-state index contributed by atoms with van der Waals surface area (Å²) in [5.74, 6) is -0.873. The molecule has 35 heavy (non-hydrogen) atoms. The largest absolute Gasteiger partial charge is 0.378 e. The highest BCUT2D eigenvalue weighted by atomic mass is 32.2. The SMILES string of the molecule is CCn1cc(/C=C2\SC(=O)N(CC(=O)Nc3ccccc3N3CCOCC3)C2=O)c2ccccc21. The molecule has 2 aliphatic heterocycles. The van der Waals surface area contributed by atoms with E-state index in [0.717, 1.165) is 58.4 Å². The number of aryl methyl sites for hydroxylation is 1. The topological polar surface area (TPSA) is 83.9 Å². The van der Waals surface area contributed by atoms with Gasteiger partial charge in [0.15, 0.2) is 0 Å². The molecule has 0 spiro atoms. The van der Waals surface area contributed by atoms with Crippen LogP contribution in [0.3, 0.4) is 0 Å². The minimum Gasteiger partial charge on any atom is -0.378 e. The highest BCUT2D eigenvalue weighted by Gasteiger charge is 2.36. The van der Waals surface area contributed by atoms with Crippen molar-refractivity contribution in [2.24, 2.45) is 0 Å². The van der Waals surface area contributed by atoms with E-state index in [1.165, 1.54) is 0 Å². The number of morpholine rings is 1. The first-order valence-electron chi connectivity index (χ1n) is 11.6. The minimum absolute atomic E-state index is 0.315. The van der Waals surface area contributed by atoms with Crippen LogP contribution in [-0.4, -0.2) is 59.4 Å². The summed E-state index contributed by atoms with van der Waals surface area (Å²) in [6.07, 6.45) is 3.72. The van der Waals surface area contributed by atoms with E-state index in [9.17, 15) is 14.4 Å². The van der Waals surface area contributed by atoms with Gasteiger partial charge in [-0.15, -0.1) is 0 Å². The molecule has 9 heteroatoms. The molecule has 0 saturated carbocycles. The van der Waals surface area contributed by atoms with E-state index >= 15 is 0 Å². The van der Waals surface area contributed by atoms with Crippen molar-refractivity contribution in [3.8, 4) is 0 Å². The third kappa shape index (κ3) is 4.69. The summed E-state index contributed by atoms with van der Waals surface area (Å²) in [7, 11) is 0. The van der Waals surface area contributed by atoms with Gasteiger partial charge in [-0.05, 0) is 43.0 Å². The van der Waals surface area contributed by atoms with Crippen molar-refractivity contribution >= 4 is 57.2 Å². The first-order valence-corrected chi connectivity index (χ1v) is 12.4. The number of rotatable bonds is 6. The number of thioether (sulfide) groups is 1. The first kappa shape index (κ1) is 23.2. The number of ether oxygens (including phenoxy) is 1. The normalized spacial score (nSPS) is 17.6. The molecule has 2 saturated heterocycles. The lowest BCUT2D eigenvalue weighted by atomic mass is 10.1. The Morgan fingerprint density at radius 2 is 1.83 bits per heavy atom. The van der Waals surface area contributed by atoms with Gasteiger partial charge in [-0.2, -0.15) is 0 Å². The summed E-state index contributed by atoms with van der Waals surface area (Å²) in [6, 6.07) is 15.5. The maximum absolute atomic E-state index is 13.0. The zero-order valence-corrected chi connectivity index (χ0v) is 20.2. The number of nitrogens with zero attached hydrogens (tertiary/aromatic N) is 3. The third-order valence-electron chi connectivity index (χ3n) is 6.15. The van der Waals surface area contributed by atoms with Gasteiger partial charge in [0.05, 0.1) is 29.5 Å². The van der Waals surface area contributed by atoms with Crippen LogP contribution in [0.5, 0.6) is 0 Å². The zero-order chi connectivity index (χ0) is 24.4. The molecule has 0 radical (unpaired) electrons. The Labute approximate surface area is 207 Å². The van der Waals surface area contributed by atoms with Crippen molar-refractivity contribution in [3.05, 3.63) is 65.2 Å². The standard InChI is InChI=1S/C26H26N4O4S/c1-2-28-16-18(19-7-3-5-9-21(19)28)15-23-25(32)30(26(33)35-23)17-24(31)27-20-8-4-6-10-22(20)29-11-13-34-14-12-29/h3-10,15-16H,2,11-14,17H2,1H3,(H,27,31)/b23-15-. The summed E-state index contributed by atoms with van der Waals surface area (Å²) in [5, 5.41) is 3.44. The summed E-state index contributed by atoms with van der Waals surface area (Å²) < 4.78 is 7.52. The zero-order valence-electron chi connectivity index (χ0n) is 19.4. The van der Waals surface area contributed by atoms with Crippen molar-refractivity contribution in [1.82, 2.24) is 9.47 Å². The van der Waals surface area contributed by atoms with E-state index in [0.29, 0.717) is 23.8 Å². The maximum atomic E-state index is 13.0. The number of nitrogens with one attached hydrogen (secondary N) is 1. The molecule has 180 valence electrons. The number of amides is 3. The summed E-state index contributed by atoms with van der Waals surface area (Å²) in [6.45, 7) is 5.23. The third-order valence-corrected chi connectivity index (χ3v) is 7.06. The van der Waals surface area contributed by atoms with Gasteiger partial charge in [0.1, 0.15) is 6.54 Å². The Morgan fingerprint density at radius 1 is 1.09 bits per heavy atom. The Kier molecular flexibility index (Phi) is 6.61. The van der Waals surface area contributed by atoms with Gasteiger partial charge in [-0.1, -0.05) is 30.3 Å². The molecule has 2 aliphatic rings. The van der Waals surface area contributed by atoms with Crippen molar-refractivity contribution < 1.29 is 19.1 Å². The van der Waals surface area contributed by atoms with E-state index in [4.69, 9.17) is 4.74 Å². The molecule has 3 amide bonds. The van der Waals surface area contributed by atoms with Crippen molar-refractivity contribution in [2.45, 2.75) is 13.5 Å². The molecule has 0 atom stereocenters. The van der Waals surface area contributed by atoms with Gasteiger partial charge in [-0.3, -0.25) is 19.3 Å². The van der Waals surface area contributed by atoms with Crippen LogP contribution in [0.25, 0.3) is 17.0 Å². The van der Waals surface area contributed by atoms with Gasteiger partial charge < -0.3 is 19.5 Å². The van der Waals surface area contributed by atoms with Gasteiger partial charge >= 0.3 is 0 Å². The molecule has 0 bridgehead atoms. The number of hydrogen-bond donors (Lipinski definition) is 1. The molecule has 8 nitrogen and oxygen atoms in total. The Bertz CT molecular complexity index is 1330. The molecule has 1 N–H and O–H groups in total. The molecule has 2 fully saturated rings. The van der Waals surface area contributed by atoms with E-state index in [2.05, 4.69) is 21.7 Å². The molecule has 1 aromatic heterocycles. The summed E-state index contributed by atoms with van der Waals surface area (Å²) >= 11 is 0.863. The van der Waals surface area contributed by atoms with Crippen LogP contribution in [0.2, 0.25) is 0 Å². The van der Waals surface area contributed by atoms with Gasteiger partial charge in [0, 0.05) is 42.3 Å². The molecule has 5 rings (SSSR count). The lowest BCUT2D eigenvalue weighted by Gasteiger charge is -2.30. The monoisotopic (exact) mass is 490 g/mol. The Morgan fingerprint density at radius 3 is 2.63 bits per heavy atom. The van der Waals surface area contributed by atoms with Gasteiger partial charge in [0.25, 0.3) is 11.1 Å². The van der Waals surface area contributed by atoms with Crippen molar-refractivity contribution in [2.75, 3.05) is 43.1 Å². The molecule has 0 unspecified atom stereocenters. The molecular formula is C26H26N4O4S. The fourth-order valence-corrected chi connectivity index (χ4v) is 5.25. The van der Waals surface area contributed by atoms with Crippen LogP contribution in [0, 0.1) is 0 Å². The Balaban J connectivity index is 1.32.